The summed E-state index contributed by atoms with van der Waals surface area (Å²) in [5, 5.41) is 12.0. The van der Waals surface area contributed by atoms with Gasteiger partial charge in [0.25, 0.3) is 0 Å². The highest BCUT2D eigenvalue weighted by Crippen LogP contribution is 2.21. The van der Waals surface area contributed by atoms with Crippen LogP contribution in [0, 0.1) is 11.6 Å². The first-order valence-corrected chi connectivity index (χ1v) is 4.49. The highest BCUT2D eigenvalue weighted by atomic mass is 19.1. The van der Waals surface area contributed by atoms with Gasteiger partial charge in [0, 0.05) is 6.42 Å². The molecule has 0 aliphatic carbocycles. The van der Waals surface area contributed by atoms with E-state index in [9.17, 15) is 13.6 Å². The van der Waals surface area contributed by atoms with Crippen molar-refractivity contribution in [1.29, 1.82) is 0 Å². The monoisotopic (exact) mass is 227 g/mol. The second-order valence-electron chi connectivity index (χ2n) is 3.27. The Morgan fingerprint density at radius 3 is 2.56 bits per heavy atom. The van der Waals surface area contributed by atoms with E-state index in [1.807, 2.05) is 0 Å². The van der Waals surface area contributed by atoms with E-state index >= 15 is 0 Å². The Bertz CT molecular complexity index is 453. The Balaban J connectivity index is 2.31. The summed E-state index contributed by atoms with van der Waals surface area (Å²) < 4.78 is 26.6. The van der Waals surface area contributed by atoms with E-state index in [0.717, 1.165) is 12.1 Å². The molecule has 0 saturated heterocycles. The van der Waals surface area contributed by atoms with Crippen molar-refractivity contribution < 1.29 is 23.5 Å². The van der Waals surface area contributed by atoms with E-state index in [1.54, 1.807) is 0 Å². The molecule has 0 amide bonds. The average molecular weight is 227 g/mol. The summed E-state index contributed by atoms with van der Waals surface area (Å²) in [6.07, 6.45) is -1.32. The number of oxime groups is 1. The van der Waals surface area contributed by atoms with Crippen LogP contribution in [-0.4, -0.2) is 22.9 Å². The van der Waals surface area contributed by atoms with Gasteiger partial charge in [-0.3, -0.25) is 0 Å². The normalized spacial score (nSPS) is 19.1. The third kappa shape index (κ3) is 1.73. The largest absolute Gasteiger partial charge is 0.478 e. The van der Waals surface area contributed by atoms with Gasteiger partial charge in [0.1, 0.15) is 11.6 Å². The predicted molar refractivity (Wildman–Crippen MR) is 50.0 cm³/mol. The van der Waals surface area contributed by atoms with Crippen LogP contribution in [0.5, 0.6) is 0 Å². The van der Waals surface area contributed by atoms with Gasteiger partial charge in [-0.25, -0.2) is 13.6 Å². The molecule has 1 unspecified atom stereocenters. The van der Waals surface area contributed by atoms with Crippen LogP contribution in [0.3, 0.4) is 0 Å². The zero-order valence-corrected chi connectivity index (χ0v) is 7.98. The smallest absolute Gasteiger partial charge is 0.348 e. The summed E-state index contributed by atoms with van der Waals surface area (Å²) in [7, 11) is 0. The highest BCUT2D eigenvalue weighted by Gasteiger charge is 2.31. The van der Waals surface area contributed by atoms with Crippen molar-refractivity contribution in [3.05, 3.63) is 35.4 Å². The number of rotatable bonds is 2. The Kier molecular flexibility index (Phi) is 2.55. The fraction of sp³-hybridized carbons (Fsp3) is 0.200. The molecule has 2 rings (SSSR count). The van der Waals surface area contributed by atoms with Crippen molar-refractivity contribution in [3.8, 4) is 0 Å². The molecular weight excluding hydrogens is 220 g/mol. The fourth-order valence-electron chi connectivity index (χ4n) is 1.43. The highest BCUT2D eigenvalue weighted by molar-refractivity contribution is 6.03. The zero-order chi connectivity index (χ0) is 11.7. The Morgan fingerprint density at radius 1 is 1.44 bits per heavy atom. The van der Waals surface area contributed by atoms with Crippen molar-refractivity contribution in [2.75, 3.05) is 0 Å². The van der Waals surface area contributed by atoms with Crippen LogP contribution in [0.2, 0.25) is 0 Å². The first-order chi connectivity index (χ1) is 7.59. The first-order valence-electron chi connectivity index (χ1n) is 4.49. The lowest BCUT2D eigenvalue weighted by Gasteiger charge is -2.02. The van der Waals surface area contributed by atoms with Crippen molar-refractivity contribution in [3.63, 3.8) is 0 Å². The van der Waals surface area contributed by atoms with Gasteiger partial charge < -0.3 is 9.94 Å². The van der Waals surface area contributed by atoms with Gasteiger partial charge in [-0.2, -0.15) is 0 Å². The molecule has 1 aromatic carbocycles. The summed E-state index contributed by atoms with van der Waals surface area (Å²) in [6, 6.07) is 3.38. The van der Waals surface area contributed by atoms with E-state index in [4.69, 9.17) is 5.11 Å². The average Bonchev–Trinajstić information content (AvgIpc) is 2.66. The quantitative estimate of drug-likeness (QED) is 0.833. The van der Waals surface area contributed by atoms with Crippen LogP contribution in [0.15, 0.2) is 23.4 Å². The van der Waals surface area contributed by atoms with Crippen molar-refractivity contribution in [2.24, 2.45) is 5.16 Å². The van der Waals surface area contributed by atoms with Gasteiger partial charge in [0.2, 0.25) is 6.10 Å². The SMILES string of the molecule is O=C(O)C1CC(c2c(F)cccc2F)=NO1. The van der Waals surface area contributed by atoms with Gasteiger partial charge in [0.15, 0.2) is 0 Å². The predicted octanol–water partition coefficient (Wildman–Crippen LogP) is 1.54. The lowest BCUT2D eigenvalue weighted by Crippen LogP contribution is -2.20. The lowest BCUT2D eigenvalue weighted by molar-refractivity contribution is -0.148. The molecule has 6 heteroatoms. The maximum Gasteiger partial charge on any atom is 0.348 e. The molecule has 1 N–H and O–H groups in total. The molecule has 0 bridgehead atoms. The Hall–Kier alpha value is -1.98. The number of carbonyl (C=O) groups is 1. The van der Waals surface area contributed by atoms with E-state index in [1.165, 1.54) is 6.07 Å². The van der Waals surface area contributed by atoms with Crippen LogP contribution in [-0.2, 0) is 9.63 Å². The number of aliphatic carboxylic acids is 1. The molecule has 1 aromatic rings. The minimum atomic E-state index is -1.21. The maximum atomic E-state index is 13.3. The number of nitrogens with zero attached hydrogens (tertiary/aromatic N) is 1. The van der Waals surface area contributed by atoms with Gasteiger partial charge in [-0.1, -0.05) is 11.2 Å². The molecule has 1 atom stereocenters. The molecule has 0 spiro atoms. The van der Waals surface area contributed by atoms with E-state index in [0.29, 0.717) is 0 Å². The Labute approximate surface area is 89.1 Å². The summed E-state index contributed by atoms with van der Waals surface area (Å²) >= 11 is 0. The van der Waals surface area contributed by atoms with Crippen LogP contribution >= 0.6 is 0 Å². The molecule has 4 nitrogen and oxygen atoms in total. The second kappa shape index (κ2) is 3.88. The first kappa shape index (κ1) is 10.5. The molecule has 0 radical (unpaired) electrons. The van der Waals surface area contributed by atoms with Crippen LogP contribution in [0.1, 0.15) is 12.0 Å². The summed E-state index contributed by atoms with van der Waals surface area (Å²) in [6.45, 7) is 0. The number of carboxylic acids is 1. The van der Waals surface area contributed by atoms with Gasteiger partial charge >= 0.3 is 5.97 Å². The molecule has 0 saturated carbocycles. The molecule has 1 heterocycles. The van der Waals surface area contributed by atoms with Crippen LogP contribution < -0.4 is 0 Å². The molecule has 1 aliphatic rings. The molecule has 0 aromatic heterocycles. The number of benzene rings is 1. The number of halogens is 2. The number of hydrogen-bond donors (Lipinski definition) is 1. The van der Waals surface area contributed by atoms with Crippen molar-refractivity contribution >= 4 is 11.7 Å². The van der Waals surface area contributed by atoms with E-state index in [-0.39, 0.29) is 17.7 Å². The molecular formula is C10H7F2NO3. The summed E-state index contributed by atoms with van der Waals surface area (Å²) in [4.78, 5) is 15.1. The topological polar surface area (TPSA) is 58.9 Å². The zero-order valence-electron chi connectivity index (χ0n) is 7.98. The maximum absolute atomic E-state index is 13.3. The van der Waals surface area contributed by atoms with Gasteiger partial charge in [0.05, 0.1) is 11.3 Å². The van der Waals surface area contributed by atoms with Gasteiger partial charge in [-0.15, -0.1) is 0 Å². The molecule has 0 fully saturated rings. The standard InChI is InChI=1S/C10H7F2NO3/c11-5-2-1-3-6(12)9(5)7-4-8(10(14)15)16-13-7/h1-3,8H,4H2,(H,14,15). The van der Waals surface area contributed by atoms with Gasteiger partial charge in [-0.05, 0) is 12.1 Å². The number of carboxylic acid groups (broad SMARTS) is 1. The third-order valence-corrected chi connectivity index (χ3v) is 2.20. The van der Waals surface area contributed by atoms with Crippen molar-refractivity contribution in [2.45, 2.75) is 12.5 Å². The third-order valence-electron chi connectivity index (χ3n) is 2.20. The van der Waals surface area contributed by atoms with E-state index < -0.39 is 23.7 Å². The minimum absolute atomic E-state index is 0.0250. The lowest BCUT2D eigenvalue weighted by atomic mass is 10.0. The minimum Gasteiger partial charge on any atom is -0.478 e. The van der Waals surface area contributed by atoms with E-state index in [2.05, 4.69) is 9.99 Å². The Morgan fingerprint density at radius 2 is 2.06 bits per heavy atom. The molecule has 1 aliphatic heterocycles. The second-order valence-corrected chi connectivity index (χ2v) is 3.27. The molecule has 84 valence electrons. The summed E-state index contributed by atoms with van der Waals surface area (Å²) in [5.74, 6) is -2.78. The summed E-state index contributed by atoms with van der Waals surface area (Å²) in [5.41, 5.74) is -0.353. The molecule has 16 heavy (non-hydrogen) atoms. The van der Waals surface area contributed by atoms with Crippen molar-refractivity contribution in [1.82, 2.24) is 0 Å². The van der Waals surface area contributed by atoms with Crippen LogP contribution in [0.4, 0.5) is 8.78 Å². The fourth-order valence-corrected chi connectivity index (χ4v) is 1.43. The number of hydrogen-bond acceptors (Lipinski definition) is 3. The van der Waals surface area contributed by atoms with Crippen LogP contribution in [0.25, 0.3) is 0 Å².